The summed E-state index contributed by atoms with van der Waals surface area (Å²) in [6, 6.07) is 3.80. The Morgan fingerprint density at radius 3 is 2.78 bits per heavy atom. The van der Waals surface area contributed by atoms with Crippen molar-refractivity contribution in [2.75, 3.05) is 17.6 Å². The van der Waals surface area contributed by atoms with E-state index in [0.717, 1.165) is 11.1 Å². The molecule has 0 radical (unpaired) electrons. The lowest BCUT2D eigenvalue weighted by atomic mass is 10.1. The summed E-state index contributed by atoms with van der Waals surface area (Å²) in [7, 11) is 0. The molecule has 0 atom stereocenters. The number of aromatic nitrogens is 5. The van der Waals surface area contributed by atoms with Crippen molar-refractivity contribution in [3.8, 4) is 29.4 Å². The van der Waals surface area contributed by atoms with E-state index in [0.29, 0.717) is 28.6 Å². The number of nitrogens with zero attached hydrogens (tertiary/aromatic N) is 5. The van der Waals surface area contributed by atoms with Gasteiger partial charge in [-0.15, -0.1) is 6.42 Å². The molecule has 23 heavy (non-hydrogen) atoms. The Morgan fingerprint density at radius 2 is 2.04 bits per heavy atom. The monoisotopic (exact) mass is 369 g/mol. The standard InChI is InChI=1S/C15H12BrN7/c1-2-5-19-14-12(16)13(17)21-15(22-14)23-9-11(8-20-23)10-3-6-18-7-4-10/h1,3-4,6-9H,5H2,(H3,17,19,21,22). The number of pyridine rings is 1. The van der Waals surface area contributed by atoms with Gasteiger partial charge in [-0.3, -0.25) is 4.98 Å². The van der Waals surface area contributed by atoms with Crippen molar-refractivity contribution in [3.63, 3.8) is 0 Å². The lowest BCUT2D eigenvalue weighted by molar-refractivity contribution is 0.810. The molecule has 7 nitrogen and oxygen atoms in total. The summed E-state index contributed by atoms with van der Waals surface area (Å²) >= 11 is 3.34. The minimum Gasteiger partial charge on any atom is -0.383 e. The molecule has 8 heteroatoms. The second-order valence-corrected chi connectivity index (χ2v) is 5.33. The fraction of sp³-hybridized carbons (Fsp3) is 0.0667. The van der Waals surface area contributed by atoms with E-state index in [1.54, 1.807) is 23.3 Å². The van der Waals surface area contributed by atoms with Crippen molar-refractivity contribution in [1.82, 2.24) is 24.7 Å². The molecular weight excluding hydrogens is 358 g/mol. The van der Waals surface area contributed by atoms with Crippen molar-refractivity contribution in [1.29, 1.82) is 0 Å². The van der Waals surface area contributed by atoms with Crippen molar-refractivity contribution in [3.05, 3.63) is 41.4 Å². The first-order valence-electron chi connectivity index (χ1n) is 6.65. The second kappa shape index (κ2) is 6.46. The molecule has 114 valence electrons. The van der Waals surface area contributed by atoms with Gasteiger partial charge >= 0.3 is 0 Å². The summed E-state index contributed by atoms with van der Waals surface area (Å²) in [5.74, 6) is 3.66. The van der Waals surface area contributed by atoms with Crippen LogP contribution in [0.1, 0.15) is 0 Å². The number of anilines is 2. The van der Waals surface area contributed by atoms with Crippen molar-refractivity contribution in [2.45, 2.75) is 0 Å². The second-order valence-electron chi connectivity index (χ2n) is 4.54. The zero-order valence-corrected chi connectivity index (χ0v) is 13.5. The quantitative estimate of drug-likeness (QED) is 0.684. The Labute approximate surface area is 141 Å². The third kappa shape index (κ3) is 3.14. The topological polar surface area (TPSA) is 94.5 Å². The fourth-order valence-electron chi connectivity index (χ4n) is 1.93. The van der Waals surface area contributed by atoms with Gasteiger partial charge < -0.3 is 11.1 Å². The Bertz CT molecular complexity index is 867. The molecule has 0 fully saturated rings. The number of nitrogens with two attached hydrogens (primary N) is 1. The molecule has 0 aliphatic rings. The predicted octanol–water partition coefficient (Wildman–Crippen LogP) is 2.11. The molecular formula is C15H12BrN7. The number of hydrogen-bond donors (Lipinski definition) is 2. The molecule has 0 saturated heterocycles. The first-order valence-corrected chi connectivity index (χ1v) is 7.44. The van der Waals surface area contributed by atoms with Gasteiger partial charge in [0.25, 0.3) is 5.95 Å². The highest BCUT2D eigenvalue weighted by Crippen LogP contribution is 2.26. The molecule has 0 aromatic carbocycles. The first-order chi connectivity index (χ1) is 11.2. The Balaban J connectivity index is 1.98. The van der Waals surface area contributed by atoms with Crippen LogP contribution in [-0.4, -0.2) is 31.3 Å². The average molecular weight is 370 g/mol. The summed E-state index contributed by atoms with van der Waals surface area (Å²) < 4.78 is 2.12. The van der Waals surface area contributed by atoms with E-state index in [9.17, 15) is 0 Å². The zero-order chi connectivity index (χ0) is 16.2. The maximum atomic E-state index is 5.91. The van der Waals surface area contributed by atoms with E-state index in [1.165, 1.54) is 0 Å². The number of terminal acetylenes is 1. The van der Waals surface area contributed by atoms with Gasteiger partial charge in [-0.2, -0.15) is 15.1 Å². The highest BCUT2D eigenvalue weighted by atomic mass is 79.9. The molecule has 3 aromatic heterocycles. The van der Waals surface area contributed by atoms with Crippen LogP contribution in [0.2, 0.25) is 0 Å². The lowest BCUT2D eigenvalue weighted by Gasteiger charge is -2.09. The molecule has 0 aliphatic heterocycles. The molecule has 3 aromatic rings. The van der Waals surface area contributed by atoms with Crippen LogP contribution in [-0.2, 0) is 0 Å². The summed E-state index contributed by atoms with van der Waals surface area (Å²) in [5, 5.41) is 7.28. The highest BCUT2D eigenvalue weighted by molar-refractivity contribution is 9.10. The van der Waals surface area contributed by atoms with Gasteiger partial charge in [-0.25, -0.2) is 4.68 Å². The molecule has 0 aliphatic carbocycles. The van der Waals surface area contributed by atoms with Crippen LogP contribution in [0.25, 0.3) is 17.1 Å². The summed E-state index contributed by atoms with van der Waals surface area (Å²) in [5.41, 5.74) is 7.84. The Hall–Kier alpha value is -2.92. The van der Waals surface area contributed by atoms with Gasteiger partial charge in [0.15, 0.2) is 0 Å². The van der Waals surface area contributed by atoms with Gasteiger partial charge in [0.2, 0.25) is 0 Å². The number of nitrogens with one attached hydrogen (secondary N) is 1. The predicted molar refractivity (Wildman–Crippen MR) is 91.8 cm³/mol. The smallest absolute Gasteiger partial charge is 0.254 e. The van der Waals surface area contributed by atoms with E-state index >= 15 is 0 Å². The van der Waals surface area contributed by atoms with Crippen LogP contribution in [0.15, 0.2) is 41.4 Å². The number of rotatable bonds is 4. The molecule has 3 N–H and O–H groups in total. The normalized spacial score (nSPS) is 10.3. The number of hydrogen-bond acceptors (Lipinski definition) is 6. The summed E-state index contributed by atoms with van der Waals surface area (Å²) in [4.78, 5) is 12.6. The van der Waals surface area contributed by atoms with Gasteiger partial charge in [-0.05, 0) is 33.6 Å². The third-order valence-electron chi connectivity index (χ3n) is 3.02. The highest BCUT2D eigenvalue weighted by Gasteiger charge is 2.12. The van der Waals surface area contributed by atoms with Crippen LogP contribution in [0.3, 0.4) is 0 Å². The summed E-state index contributed by atoms with van der Waals surface area (Å²) in [6.07, 6.45) is 12.3. The zero-order valence-electron chi connectivity index (χ0n) is 11.9. The summed E-state index contributed by atoms with van der Waals surface area (Å²) in [6.45, 7) is 0.329. The molecule has 0 spiro atoms. The maximum Gasteiger partial charge on any atom is 0.254 e. The van der Waals surface area contributed by atoms with Crippen molar-refractivity contribution in [2.24, 2.45) is 0 Å². The van der Waals surface area contributed by atoms with Crippen molar-refractivity contribution < 1.29 is 0 Å². The molecule has 3 rings (SSSR count). The average Bonchev–Trinajstić information content (AvgIpc) is 3.07. The first kappa shape index (κ1) is 15.0. The van der Waals surface area contributed by atoms with E-state index in [2.05, 4.69) is 47.2 Å². The largest absolute Gasteiger partial charge is 0.383 e. The van der Waals surface area contributed by atoms with E-state index in [1.807, 2.05) is 18.3 Å². The van der Waals surface area contributed by atoms with Crippen molar-refractivity contribution >= 4 is 27.6 Å². The molecule has 0 amide bonds. The van der Waals surface area contributed by atoms with E-state index in [4.69, 9.17) is 12.2 Å². The SMILES string of the molecule is C#CCNc1nc(-n2cc(-c3ccncc3)cn2)nc(N)c1Br. The van der Waals surface area contributed by atoms with Gasteiger partial charge in [0.05, 0.1) is 12.7 Å². The maximum absolute atomic E-state index is 5.91. The molecule has 0 saturated carbocycles. The minimum absolute atomic E-state index is 0.301. The van der Waals surface area contributed by atoms with Crippen LogP contribution in [0.5, 0.6) is 0 Å². The number of nitrogen functional groups attached to an aromatic ring is 1. The molecule has 0 unspecified atom stereocenters. The van der Waals surface area contributed by atoms with Crippen LogP contribution >= 0.6 is 15.9 Å². The van der Waals surface area contributed by atoms with E-state index in [-0.39, 0.29) is 0 Å². The van der Waals surface area contributed by atoms with Crippen LogP contribution in [0, 0.1) is 12.3 Å². The minimum atomic E-state index is 0.301. The molecule has 3 heterocycles. The molecule has 0 bridgehead atoms. The Kier molecular flexibility index (Phi) is 4.21. The van der Waals surface area contributed by atoms with Crippen LogP contribution < -0.4 is 11.1 Å². The number of halogens is 1. The third-order valence-corrected chi connectivity index (χ3v) is 3.81. The van der Waals surface area contributed by atoms with Gasteiger partial charge in [-0.1, -0.05) is 5.92 Å². The van der Waals surface area contributed by atoms with E-state index < -0.39 is 0 Å². The van der Waals surface area contributed by atoms with Gasteiger partial charge in [0.1, 0.15) is 16.1 Å². The van der Waals surface area contributed by atoms with Crippen LogP contribution in [0.4, 0.5) is 11.6 Å². The Morgan fingerprint density at radius 1 is 1.26 bits per heavy atom. The lowest BCUT2D eigenvalue weighted by Crippen LogP contribution is -2.10. The van der Waals surface area contributed by atoms with Gasteiger partial charge in [0, 0.05) is 24.2 Å². The fourth-order valence-corrected chi connectivity index (χ4v) is 2.25.